The van der Waals surface area contributed by atoms with Crippen molar-refractivity contribution in [2.24, 2.45) is 4.99 Å². The number of aliphatic imine (C=N–C) groups is 1. The molecule has 2 aromatic rings. The molecule has 0 aliphatic heterocycles. The summed E-state index contributed by atoms with van der Waals surface area (Å²) in [5.41, 5.74) is 2.62. The van der Waals surface area contributed by atoms with E-state index in [4.69, 9.17) is 4.74 Å². The summed E-state index contributed by atoms with van der Waals surface area (Å²) in [6, 6.07) is 19.7. The third kappa shape index (κ3) is 5.10. The van der Waals surface area contributed by atoms with Crippen LogP contribution in [-0.4, -0.2) is 18.9 Å². The molecule has 2 nitrogen and oxygen atoms in total. The highest BCUT2D eigenvalue weighted by Gasteiger charge is 1.99. The molecule has 0 heterocycles. The standard InChI is InChI=1S/C19H17NO/c1-2-15-21-16-9-14-19(17-10-5-3-6-11-17)20-18-12-7-4-8-13-18/h2-8,10-13H,1,15-16H2. The molecule has 0 amide bonds. The Morgan fingerprint density at radius 2 is 1.71 bits per heavy atom. The van der Waals surface area contributed by atoms with Crippen LogP contribution in [0, 0.1) is 11.8 Å². The molecule has 21 heavy (non-hydrogen) atoms. The molecule has 0 saturated carbocycles. The van der Waals surface area contributed by atoms with Gasteiger partial charge in [-0.1, -0.05) is 60.5 Å². The molecule has 0 fully saturated rings. The van der Waals surface area contributed by atoms with Crippen LogP contribution < -0.4 is 0 Å². The van der Waals surface area contributed by atoms with Crippen molar-refractivity contribution < 1.29 is 4.74 Å². The summed E-state index contributed by atoms with van der Waals surface area (Å²) in [6.07, 6.45) is 1.71. The second kappa shape index (κ2) is 8.52. The molecule has 104 valence electrons. The van der Waals surface area contributed by atoms with Crippen LogP contribution in [0.3, 0.4) is 0 Å². The lowest BCUT2D eigenvalue weighted by Gasteiger charge is -2.00. The second-order valence-electron chi connectivity index (χ2n) is 4.27. The Bertz CT molecular complexity index is 648. The van der Waals surface area contributed by atoms with E-state index in [-0.39, 0.29) is 0 Å². The first-order valence-corrected chi connectivity index (χ1v) is 6.77. The van der Waals surface area contributed by atoms with Crippen LogP contribution in [-0.2, 0) is 4.74 Å². The number of hydrogen-bond donors (Lipinski definition) is 0. The van der Waals surface area contributed by atoms with Gasteiger partial charge in [0.05, 0.1) is 12.3 Å². The predicted octanol–water partition coefficient (Wildman–Crippen LogP) is 4.01. The summed E-state index contributed by atoms with van der Waals surface area (Å²) in [6.45, 7) is 4.47. The number of rotatable bonds is 5. The molecule has 2 rings (SSSR count). The first-order valence-electron chi connectivity index (χ1n) is 6.77. The first-order chi connectivity index (χ1) is 10.4. The van der Waals surface area contributed by atoms with Crippen LogP contribution >= 0.6 is 0 Å². The molecular formula is C19H17NO. The maximum absolute atomic E-state index is 5.27. The molecule has 0 atom stereocenters. The summed E-state index contributed by atoms with van der Waals surface area (Å²) in [7, 11) is 0. The van der Waals surface area contributed by atoms with E-state index < -0.39 is 0 Å². The fourth-order valence-electron chi connectivity index (χ4n) is 1.71. The third-order valence-corrected chi connectivity index (χ3v) is 2.66. The third-order valence-electron chi connectivity index (χ3n) is 2.66. The monoisotopic (exact) mass is 275 g/mol. The molecule has 0 radical (unpaired) electrons. The van der Waals surface area contributed by atoms with Gasteiger partial charge >= 0.3 is 0 Å². The SMILES string of the molecule is C=CCOCC#CC(=Nc1ccccc1)c1ccccc1. The van der Waals surface area contributed by atoms with Crippen molar-refractivity contribution >= 4 is 11.4 Å². The van der Waals surface area contributed by atoms with Gasteiger partial charge in [0.25, 0.3) is 0 Å². The van der Waals surface area contributed by atoms with Crippen molar-refractivity contribution in [3.63, 3.8) is 0 Å². The van der Waals surface area contributed by atoms with Gasteiger partial charge in [0, 0.05) is 5.56 Å². The van der Waals surface area contributed by atoms with Crippen molar-refractivity contribution in [3.05, 3.63) is 78.9 Å². The quantitative estimate of drug-likeness (QED) is 0.349. The predicted molar refractivity (Wildman–Crippen MR) is 87.9 cm³/mol. The van der Waals surface area contributed by atoms with Gasteiger partial charge in [-0.3, -0.25) is 0 Å². The van der Waals surface area contributed by atoms with Gasteiger partial charge in [-0.15, -0.1) is 6.58 Å². The zero-order valence-electron chi connectivity index (χ0n) is 11.8. The lowest BCUT2D eigenvalue weighted by atomic mass is 10.1. The summed E-state index contributed by atoms with van der Waals surface area (Å²) in [4.78, 5) is 4.61. The molecule has 0 N–H and O–H groups in total. The summed E-state index contributed by atoms with van der Waals surface area (Å²) < 4.78 is 5.27. The van der Waals surface area contributed by atoms with Crippen molar-refractivity contribution in [2.75, 3.05) is 13.2 Å². The van der Waals surface area contributed by atoms with E-state index in [1.165, 1.54) is 0 Å². The maximum atomic E-state index is 5.27. The van der Waals surface area contributed by atoms with E-state index in [0.717, 1.165) is 17.0 Å². The molecule has 2 heteroatoms. The smallest absolute Gasteiger partial charge is 0.121 e. The Labute approximate surface area is 125 Å². The lowest BCUT2D eigenvalue weighted by molar-refractivity contribution is 0.199. The molecular weight excluding hydrogens is 258 g/mol. The molecule has 0 aromatic heterocycles. The largest absolute Gasteiger partial charge is 0.365 e. The minimum absolute atomic E-state index is 0.368. The van der Waals surface area contributed by atoms with Gasteiger partial charge in [0.15, 0.2) is 0 Å². The van der Waals surface area contributed by atoms with Crippen LogP contribution in [0.5, 0.6) is 0 Å². The Kier molecular flexibility index (Phi) is 6.00. The molecule has 2 aromatic carbocycles. The second-order valence-corrected chi connectivity index (χ2v) is 4.27. The maximum Gasteiger partial charge on any atom is 0.121 e. The van der Waals surface area contributed by atoms with Crippen LogP contribution in [0.15, 0.2) is 78.3 Å². The van der Waals surface area contributed by atoms with Gasteiger partial charge in [-0.25, -0.2) is 4.99 Å². The highest BCUT2D eigenvalue weighted by atomic mass is 16.5. The van der Waals surface area contributed by atoms with Gasteiger partial charge < -0.3 is 4.74 Å². The summed E-state index contributed by atoms with van der Waals surface area (Å²) >= 11 is 0. The van der Waals surface area contributed by atoms with Crippen LogP contribution in [0.1, 0.15) is 5.56 Å². The van der Waals surface area contributed by atoms with E-state index in [9.17, 15) is 0 Å². The molecule has 0 spiro atoms. The molecule has 0 aliphatic carbocycles. The van der Waals surface area contributed by atoms with Gasteiger partial charge in [0.1, 0.15) is 12.3 Å². The van der Waals surface area contributed by atoms with E-state index in [2.05, 4.69) is 23.4 Å². The molecule has 0 unspecified atom stereocenters. The topological polar surface area (TPSA) is 21.6 Å². The number of ether oxygens (including phenoxy) is 1. The van der Waals surface area contributed by atoms with Gasteiger partial charge in [-0.05, 0) is 18.1 Å². The number of hydrogen-bond acceptors (Lipinski definition) is 2. The van der Waals surface area contributed by atoms with E-state index in [1.54, 1.807) is 6.08 Å². The van der Waals surface area contributed by atoms with Crippen molar-refractivity contribution in [2.45, 2.75) is 0 Å². The Balaban J connectivity index is 2.23. The minimum atomic E-state index is 0.368. The van der Waals surface area contributed by atoms with Crippen molar-refractivity contribution in [3.8, 4) is 11.8 Å². The number of benzene rings is 2. The van der Waals surface area contributed by atoms with E-state index >= 15 is 0 Å². The van der Waals surface area contributed by atoms with Gasteiger partial charge in [0.2, 0.25) is 0 Å². The van der Waals surface area contributed by atoms with E-state index in [1.807, 2.05) is 60.7 Å². The van der Waals surface area contributed by atoms with E-state index in [0.29, 0.717) is 13.2 Å². The highest BCUT2D eigenvalue weighted by Crippen LogP contribution is 2.12. The fourth-order valence-corrected chi connectivity index (χ4v) is 1.71. The summed E-state index contributed by atoms with van der Waals surface area (Å²) in [5, 5.41) is 0. The Morgan fingerprint density at radius 3 is 2.38 bits per heavy atom. The average Bonchev–Trinajstić information content (AvgIpc) is 2.55. The van der Waals surface area contributed by atoms with Crippen LogP contribution in [0.4, 0.5) is 5.69 Å². The number of para-hydroxylation sites is 1. The fraction of sp³-hybridized carbons (Fsp3) is 0.105. The zero-order valence-corrected chi connectivity index (χ0v) is 11.8. The highest BCUT2D eigenvalue weighted by molar-refractivity contribution is 6.14. The first kappa shape index (κ1) is 14.8. The van der Waals surface area contributed by atoms with Crippen molar-refractivity contribution in [1.29, 1.82) is 0 Å². The zero-order chi connectivity index (χ0) is 14.8. The minimum Gasteiger partial charge on any atom is -0.365 e. The Hall–Kier alpha value is -2.63. The normalized spacial score (nSPS) is 10.6. The average molecular weight is 275 g/mol. The van der Waals surface area contributed by atoms with Gasteiger partial charge in [-0.2, -0.15) is 0 Å². The van der Waals surface area contributed by atoms with Crippen molar-refractivity contribution in [1.82, 2.24) is 0 Å². The molecule has 0 aliphatic rings. The molecule has 0 bridgehead atoms. The van der Waals surface area contributed by atoms with Crippen LogP contribution in [0.2, 0.25) is 0 Å². The number of nitrogens with zero attached hydrogens (tertiary/aromatic N) is 1. The Morgan fingerprint density at radius 1 is 1.05 bits per heavy atom. The molecule has 0 saturated heterocycles. The summed E-state index contributed by atoms with van der Waals surface area (Å²) in [5.74, 6) is 6.07. The lowest BCUT2D eigenvalue weighted by Crippen LogP contribution is -1.98. The van der Waals surface area contributed by atoms with Crippen LogP contribution in [0.25, 0.3) is 0 Å².